The van der Waals surface area contributed by atoms with Crippen molar-refractivity contribution in [2.75, 3.05) is 46.0 Å². The van der Waals surface area contributed by atoms with Gasteiger partial charge in [0.05, 0.1) is 19.3 Å². The summed E-state index contributed by atoms with van der Waals surface area (Å²) in [6, 6.07) is 0. The Morgan fingerprint density at radius 3 is 2.58 bits per heavy atom. The number of hydrogen-bond acceptors (Lipinski definition) is 4. The molecule has 2 saturated heterocycles. The topological polar surface area (TPSA) is 50.8 Å². The summed E-state index contributed by atoms with van der Waals surface area (Å²) in [6.45, 7) is 7.76. The molecule has 0 saturated carbocycles. The molecule has 5 nitrogen and oxygen atoms in total. The molecule has 110 valence electrons. The molecule has 0 aliphatic carbocycles. The zero-order valence-corrected chi connectivity index (χ0v) is 11.9. The molecule has 0 atom stereocenters. The van der Waals surface area contributed by atoms with Gasteiger partial charge in [0.15, 0.2) is 0 Å². The summed E-state index contributed by atoms with van der Waals surface area (Å²) in [5, 5.41) is 3.21. The monoisotopic (exact) mass is 270 g/mol. The Morgan fingerprint density at radius 2 is 2.00 bits per heavy atom. The fourth-order valence-electron chi connectivity index (χ4n) is 2.56. The van der Waals surface area contributed by atoms with Gasteiger partial charge in [0, 0.05) is 26.1 Å². The molecule has 0 spiro atoms. The summed E-state index contributed by atoms with van der Waals surface area (Å²) in [6.07, 6.45) is 2.93. The first-order valence-corrected chi connectivity index (χ1v) is 7.47. The minimum absolute atomic E-state index is 0.301. The Bertz CT molecular complexity index is 274. The molecule has 0 aromatic heterocycles. The van der Waals surface area contributed by atoms with Gasteiger partial charge in [0.2, 0.25) is 5.91 Å². The second-order valence-electron chi connectivity index (χ2n) is 5.38. The highest BCUT2D eigenvalue weighted by atomic mass is 16.5. The van der Waals surface area contributed by atoms with E-state index in [0.717, 1.165) is 45.6 Å². The summed E-state index contributed by atoms with van der Waals surface area (Å²) in [7, 11) is 0. The van der Waals surface area contributed by atoms with Crippen molar-refractivity contribution in [2.24, 2.45) is 5.92 Å². The van der Waals surface area contributed by atoms with E-state index in [1.54, 1.807) is 0 Å². The van der Waals surface area contributed by atoms with Crippen LogP contribution in [0.5, 0.6) is 0 Å². The van der Waals surface area contributed by atoms with Gasteiger partial charge in [-0.05, 0) is 38.8 Å². The molecule has 2 rings (SSSR count). The lowest BCUT2D eigenvalue weighted by Gasteiger charge is -2.34. The number of hydrogen-bond donors (Lipinski definition) is 1. The predicted octanol–water partition coefficient (Wildman–Crippen LogP) is 0.640. The molecule has 0 radical (unpaired) electrons. The maximum atomic E-state index is 12.0. The molecule has 1 N–H and O–H groups in total. The van der Waals surface area contributed by atoms with Gasteiger partial charge in [-0.3, -0.25) is 4.79 Å². The summed E-state index contributed by atoms with van der Waals surface area (Å²) in [4.78, 5) is 14.0. The average Bonchev–Trinajstić information content (AvgIpc) is 2.39. The number of ether oxygens (including phenoxy) is 2. The molecule has 1 amide bonds. The second kappa shape index (κ2) is 7.82. The van der Waals surface area contributed by atoms with E-state index in [1.807, 2.05) is 11.8 Å². The Morgan fingerprint density at radius 1 is 1.26 bits per heavy atom. The van der Waals surface area contributed by atoms with E-state index in [4.69, 9.17) is 9.47 Å². The van der Waals surface area contributed by atoms with E-state index in [9.17, 15) is 4.79 Å². The van der Waals surface area contributed by atoms with Crippen LogP contribution in [0.3, 0.4) is 0 Å². The van der Waals surface area contributed by atoms with Crippen molar-refractivity contribution < 1.29 is 14.3 Å². The van der Waals surface area contributed by atoms with Crippen LogP contribution in [-0.4, -0.2) is 62.9 Å². The normalized spacial score (nSPS) is 21.4. The highest BCUT2D eigenvalue weighted by Gasteiger charge is 2.26. The maximum Gasteiger partial charge on any atom is 0.222 e. The number of carbonyl (C=O) groups is 1. The van der Waals surface area contributed by atoms with Crippen LogP contribution in [0.2, 0.25) is 0 Å². The van der Waals surface area contributed by atoms with E-state index in [2.05, 4.69) is 5.32 Å². The minimum Gasteiger partial charge on any atom is -0.379 e. The van der Waals surface area contributed by atoms with E-state index >= 15 is 0 Å². The predicted molar refractivity (Wildman–Crippen MR) is 73.0 cm³/mol. The molecule has 2 aliphatic rings. The minimum atomic E-state index is 0.301. The van der Waals surface area contributed by atoms with Gasteiger partial charge in [0.25, 0.3) is 0 Å². The van der Waals surface area contributed by atoms with Crippen LogP contribution in [0.4, 0.5) is 0 Å². The Kier molecular flexibility index (Phi) is 6.07. The number of rotatable bonds is 7. The van der Waals surface area contributed by atoms with Gasteiger partial charge >= 0.3 is 0 Å². The number of carbonyl (C=O) groups excluding carboxylic acids is 1. The van der Waals surface area contributed by atoms with Gasteiger partial charge in [-0.2, -0.15) is 0 Å². The number of likely N-dealkylation sites (tertiary alicyclic amines) is 1. The van der Waals surface area contributed by atoms with Crippen LogP contribution >= 0.6 is 0 Å². The van der Waals surface area contributed by atoms with Crippen molar-refractivity contribution in [3.63, 3.8) is 0 Å². The van der Waals surface area contributed by atoms with Crippen molar-refractivity contribution >= 4 is 5.91 Å². The summed E-state index contributed by atoms with van der Waals surface area (Å²) in [5.74, 6) is 0.881. The first-order valence-electron chi connectivity index (χ1n) is 7.47. The van der Waals surface area contributed by atoms with Gasteiger partial charge in [-0.1, -0.05) is 0 Å². The molecular weight excluding hydrogens is 244 g/mol. The van der Waals surface area contributed by atoms with E-state index in [0.29, 0.717) is 37.6 Å². The fourth-order valence-corrected chi connectivity index (χ4v) is 2.56. The third-order valence-electron chi connectivity index (χ3n) is 3.91. The smallest absolute Gasteiger partial charge is 0.222 e. The van der Waals surface area contributed by atoms with Gasteiger partial charge in [-0.15, -0.1) is 0 Å². The average molecular weight is 270 g/mol. The zero-order valence-electron chi connectivity index (χ0n) is 11.9. The van der Waals surface area contributed by atoms with Crippen molar-refractivity contribution in [3.05, 3.63) is 0 Å². The molecule has 5 heteroatoms. The summed E-state index contributed by atoms with van der Waals surface area (Å²) in [5.41, 5.74) is 0. The van der Waals surface area contributed by atoms with Crippen molar-refractivity contribution in [1.29, 1.82) is 0 Å². The molecule has 2 aliphatic heterocycles. The van der Waals surface area contributed by atoms with Gasteiger partial charge in [-0.25, -0.2) is 0 Å². The maximum absolute atomic E-state index is 12.0. The Hall–Kier alpha value is -0.650. The van der Waals surface area contributed by atoms with Crippen LogP contribution in [0, 0.1) is 5.92 Å². The number of nitrogens with zero attached hydrogens (tertiary/aromatic N) is 1. The lowest BCUT2D eigenvalue weighted by Crippen LogP contribution is -2.47. The Balaban J connectivity index is 1.57. The van der Waals surface area contributed by atoms with Crippen LogP contribution in [0.25, 0.3) is 0 Å². The summed E-state index contributed by atoms with van der Waals surface area (Å²) < 4.78 is 11.0. The Labute approximate surface area is 115 Å². The van der Waals surface area contributed by atoms with Gasteiger partial charge in [0.1, 0.15) is 0 Å². The largest absolute Gasteiger partial charge is 0.379 e. The highest BCUT2D eigenvalue weighted by Crippen LogP contribution is 2.17. The molecule has 19 heavy (non-hydrogen) atoms. The van der Waals surface area contributed by atoms with Crippen LogP contribution in [0.1, 0.15) is 26.2 Å². The third kappa shape index (κ3) is 4.75. The van der Waals surface area contributed by atoms with E-state index < -0.39 is 0 Å². The quantitative estimate of drug-likeness (QED) is 0.690. The molecule has 0 aromatic carbocycles. The lowest BCUT2D eigenvalue weighted by atomic mass is 9.97. The SMILES string of the molecule is CCOCCOC1CCN(C(=O)CC2CNC2)CC1. The molecule has 2 heterocycles. The molecule has 0 aromatic rings. The van der Waals surface area contributed by atoms with E-state index in [1.165, 1.54) is 0 Å². The lowest BCUT2D eigenvalue weighted by molar-refractivity contribution is -0.135. The number of nitrogens with one attached hydrogen (secondary N) is 1. The molecule has 0 unspecified atom stereocenters. The number of amides is 1. The summed E-state index contributed by atoms with van der Waals surface area (Å²) >= 11 is 0. The molecule has 2 fully saturated rings. The van der Waals surface area contributed by atoms with Crippen LogP contribution in [-0.2, 0) is 14.3 Å². The molecule has 0 bridgehead atoms. The first-order chi connectivity index (χ1) is 9.29. The number of piperidine rings is 1. The molecular formula is C14H26N2O3. The fraction of sp³-hybridized carbons (Fsp3) is 0.929. The van der Waals surface area contributed by atoms with Crippen LogP contribution in [0.15, 0.2) is 0 Å². The van der Waals surface area contributed by atoms with Gasteiger partial charge < -0.3 is 19.7 Å². The van der Waals surface area contributed by atoms with Crippen molar-refractivity contribution in [2.45, 2.75) is 32.3 Å². The zero-order chi connectivity index (χ0) is 13.5. The standard InChI is InChI=1S/C14H26N2O3/c1-2-18-7-8-19-13-3-5-16(6-4-13)14(17)9-12-10-15-11-12/h12-13,15H,2-11H2,1H3. The van der Waals surface area contributed by atoms with Crippen molar-refractivity contribution in [1.82, 2.24) is 10.2 Å². The second-order valence-corrected chi connectivity index (χ2v) is 5.38. The van der Waals surface area contributed by atoms with Crippen molar-refractivity contribution in [3.8, 4) is 0 Å². The van der Waals surface area contributed by atoms with Crippen LogP contribution < -0.4 is 5.32 Å². The third-order valence-corrected chi connectivity index (χ3v) is 3.91. The first kappa shape index (κ1) is 14.8. The highest BCUT2D eigenvalue weighted by molar-refractivity contribution is 5.76. The van der Waals surface area contributed by atoms with E-state index in [-0.39, 0.29) is 0 Å².